The molecule has 0 saturated heterocycles. The number of anilines is 1. The van der Waals surface area contributed by atoms with E-state index in [-0.39, 0.29) is 0 Å². The van der Waals surface area contributed by atoms with Gasteiger partial charge in [0.05, 0.1) is 0 Å². The minimum Gasteiger partial charge on any atom is -0.374 e. The highest BCUT2D eigenvalue weighted by atomic mass is 15.1. The predicted molar refractivity (Wildman–Crippen MR) is 90.6 cm³/mol. The molecule has 0 heterocycles. The summed E-state index contributed by atoms with van der Waals surface area (Å²) in [6.07, 6.45) is 3.71. The van der Waals surface area contributed by atoms with Crippen LogP contribution in [0.5, 0.6) is 0 Å². The number of hydrogen-bond acceptors (Lipinski definition) is 2. The van der Waals surface area contributed by atoms with Gasteiger partial charge in [0, 0.05) is 25.8 Å². The normalized spacial score (nSPS) is 14.1. The maximum atomic E-state index is 3.61. The largest absolute Gasteiger partial charge is 0.374 e. The Morgan fingerprint density at radius 3 is 2.45 bits per heavy atom. The lowest BCUT2D eigenvalue weighted by atomic mass is 9.84. The highest BCUT2D eigenvalue weighted by molar-refractivity contribution is 5.52. The van der Waals surface area contributed by atoms with Crippen LogP contribution in [0.15, 0.2) is 24.3 Å². The summed E-state index contributed by atoms with van der Waals surface area (Å²) in [4.78, 5) is 2.42. The van der Waals surface area contributed by atoms with Crippen LogP contribution in [0, 0.1) is 12.3 Å². The van der Waals surface area contributed by atoms with Crippen LogP contribution in [-0.2, 0) is 0 Å². The van der Waals surface area contributed by atoms with E-state index in [0.717, 1.165) is 19.6 Å². The summed E-state index contributed by atoms with van der Waals surface area (Å²) < 4.78 is 0. The first-order valence-corrected chi connectivity index (χ1v) is 8.00. The van der Waals surface area contributed by atoms with E-state index in [0.29, 0.717) is 5.41 Å². The average Bonchev–Trinajstić information content (AvgIpc) is 2.39. The summed E-state index contributed by atoms with van der Waals surface area (Å²) in [5.74, 6) is 0. The number of aryl methyl sites for hydroxylation is 1. The molecule has 1 unspecified atom stereocenters. The van der Waals surface area contributed by atoms with Gasteiger partial charge in [-0.15, -0.1) is 0 Å². The number of para-hydroxylation sites is 1. The lowest BCUT2D eigenvalue weighted by Gasteiger charge is -2.35. The lowest BCUT2D eigenvalue weighted by Crippen LogP contribution is -2.41. The molecule has 0 aliphatic heterocycles. The standard InChI is InChI=1S/C18H32N2/c1-6-12-18(4,14-19-13-7-2)15-20(5)17-11-9-8-10-16(17)3/h8-11,19H,6-7,12-15H2,1-5H3. The zero-order chi connectivity index (χ0) is 15.0. The summed E-state index contributed by atoms with van der Waals surface area (Å²) in [6.45, 7) is 12.4. The van der Waals surface area contributed by atoms with Crippen LogP contribution in [0.25, 0.3) is 0 Å². The first-order chi connectivity index (χ1) is 9.52. The van der Waals surface area contributed by atoms with Gasteiger partial charge in [-0.2, -0.15) is 0 Å². The Bertz CT molecular complexity index is 389. The van der Waals surface area contributed by atoms with Crippen LogP contribution in [0.4, 0.5) is 5.69 Å². The Balaban J connectivity index is 2.71. The van der Waals surface area contributed by atoms with Crippen LogP contribution in [0.1, 0.15) is 45.6 Å². The van der Waals surface area contributed by atoms with E-state index in [1.165, 1.54) is 30.5 Å². The van der Waals surface area contributed by atoms with Gasteiger partial charge in [0.1, 0.15) is 0 Å². The first kappa shape index (κ1) is 17.0. The van der Waals surface area contributed by atoms with Crippen LogP contribution < -0.4 is 10.2 Å². The number of nitrogens with one attached hydrogen (secondary N) is 1. The minimum atomic E-state index is 0.334. The third-order valence-corrected chi connectivity index (χ3v) is 3.98. The summed E-state index contributed by atoms with van der Waals surface area (Å²) in [7, 11) is 2.22. The lowest BCUT2D eigenvalue weighted by molar-refractivity contribution is 0.284. The van der Waals surface area contributed by atoms with Crippen molar-refractivity contribution in [3.8, 4) is 0 Å². The van der Waals surface area contributed by atoms with E-state index in [4.69, 9.17) is 0 Å². The van der Waals surface area contributed by atoms with Crippen molar-refractivity contribution < 1.29 is 0 Å². The number of benzene rings is 1. The van der Waals surface area contributed by atoms with E-state index < -0.39 is 0 Å². The highest BCUT2D eigenvalue weighted by Gasteiger charge is 2.25. The molecule has 0 bridgehead atoms. The fourth-order valence-corrected chi connectivity index (χ4v) is 3.04. The van der Waals surface area contributed by atoms with Crippen molar-refractivity contribution in [3.63, 3.8) is 0 Å². The molecule has 0 aromatic heterocycles. The third kappa shape index (κ3) is 5.16. The summed E-state index contributed by atoms with van der Waals surface area (Å²) in [6, 6.07) is 8.66. The SMILES string of the molecule is CCCNCC(C)(CCC)CN(C)c1ccccc1C. The third-order valence-electron chi connectivity index (χ3n) is 3.98. The van der Waals surface area contributed by atoms with E-state index in [1.54, 1.807) is 0 Å². The molecule has 1 aromatic rings. The molecular formula is C18H32N2. The second-order valence-corrected chi connectivity index (χ2v) is 6.38. The van der Waals surface area contributed by atoms with Crippen LogP contribution >= 0.6 is 0 Å². The molecule has 2 heteroatoms. The van der Waals surface area contributed by atoms with Crippen molar-refractivity contribution in [3.05, 3.63) is 29.8 Å². The van der Waals surface area contributed by atoms with Crippen molar-refractivity contribution in [2.24, 2.45) is 5.41 Å². The van der Waals surface area contributed by atoms with Gasteiger partial charge >= 0.3 is 0 Å². The van der Waals surface area contributed by atoms with Crippen LogP contribution in [0.2, 0.25) is 0 Å². The molecule has 1 atom stereocenters. The van der Waals surface area contributed by atoms with Gasteiger partial charge in [-0.05, 0) is 43.4 Å². The van der Waals surface area contributed by atoms with E-state index in [1.807, 2.05) is 0 Å². The minimum absolute atomic E-state index is 0.334. The molecular weight excluding hydrogens is 244 g/mol. The topological polar surface area (TPSA) is 15.3 Å². The zero-order valence-electron chi connectivity index (χ0n) is 14.0. The maximum absolute atomic E-state index is 3.61. The molecule has 1 aromatic carbocycles. The van der Waals surface area contributed by atoms with Crippen molar-refractivity contribution in [2.45, 2.75) is 47.0 Å². The average molecular weight is 276 g/mol. The van der Waals surface area contributed by atoms with E-state index in [9.17, 15) is 0 Å². The summed E-state index contributed by atoms with van der Waals surface area (Å²) in [5.41, 5.74) is 3.04. The number of hydrogen-bond donors (Lipinski definition) is 1. The molecule has 1 N–H and O–H groups in total. The second kappa shape index (κ2) is 8.31. The Hall–Kier alpha value is -1.02. The summed E-state index contributed by atoms with van der Waals surface area (Å²) >= 11 is 0. The first-order valence-electron chi connectivity index (χ1n) is 8.00. The molecule has 2 nitrogen and oxygen atoms in total. The number of nitrogens with zero attached hydrogens (tertiary/aromatic N) is 1. The van der Waals surface area contributed by atoms with Gasteiger partial charge in [-0.1, -0.05) is 45.4 Å². The van der Waals surface area contributed by atoms with Gasteiger partial charge in [0.15, 0.2) is 0 Å². The molecule has 114 valence electrons. The van der Waals surface area contributed by atoms with Gasteiger partial charge in [0.25, 0.3) is 0 Å². The van der Waals surface area contributed by atoms with Gasteiger partial charge in [-0.3, -0.25) is 0 Å². The van der Waals surface area contributed by atoms with E-state index in [2.05, 4.69) is 69.2 Å². The maximum Gasteiger partial charge on any atom is 0.0393 e. The molecule has 0 aliphatic carbocycles. The van der Waals surface area contributed by atoms with E-state index >= 15 is 0 Å². The summed E-state index contributed by atoms with van der Waals surface area (Å²) in [5, 5.41) is 3.61. The smallest absolute Gasteiger partial charge is 0.0393 e. The van der Waals surface area contributed by atoms with Crippen molar-refractivity contribution in [1.82, 2.24) is 5.32 Å². The van der Waals surface area contributed by atoms with Crippen molar-refractivity contribution in [2.75, 3.05) is 31.6 Å². The van der Waals surface area contributed by atoms with Crippen LogP contribution in [0.3, 0.4) is 0 Å². The molecule has 20 heavy (non-hydrogen) atoms. The molecule has 0 amide bonds. The Morgan fingerprint density at radius 2 is 1.85 bits per heavy atom. The molecule has 1 rings (SSSR count). The second-order valence-electron chi connectivity index (χ2n) is 6.38. The monoisotopic (exact) mass is 276 g/mol. The Kier molecular flexibility index (Phi) is 7.08. The van der Waals surface area contributed by atoms with Gasteiger partial charge in [-0.25, -0.2) is 0 Å². The highest BCUT2D eigenvalue weighted by Crippen LogP contribution is 2.27. The number of rotatable bonds is 9. The molecule has 0 saturated carbocycles. The van der Waals surface area contributed by atoms with Gasteiger partial charge < -0.3 is 10.2 Å². The molecule has 0 radical (unpaired) electrons. The zero-order valence-corrected chi connectivity index (χ0v) is 14.0. The quantitative estimate of drug-likeness (QED) is 0.679. The van der Waals surface area contributed by atoms with Crippen LogP contribution in [-0.4, -0.2) is 26.7 Å². The Labute approximate surface area is 125 Å². The molecule has 0 aliphatic rings. The fourth-order valence-electron chi connectivity index (χ4n) is 3.04. The molecule has 0 fully saturated rings. The van der Waals surface area contributed by atoms with Crippen molar-refractivity contribution in [1.29, 1.82) is 0 Å². The molecule has 0 spiro atoms. The Morgan fingerprint density at radius 1 is 1.15 bits per heavy atom. The van der Waals surface area contributed by atoms with Gasteiger partial charge in [0.2, 0.25) is 0 Å². The van der Waals surface area contributed by atoms with Crippen molar-refractivity contribution >= 4 is 5.69 Å². The fraction of sp³-hybridized carbons (Fsp3) is 0.667. The predicted octanol–water partition coefficient (Wildman–Crippen LogP) is 4.24.